The minimum atomic E-state index is -0.119. The normalized spacial score (nSPS) is 11.8. The first-order valence-electron chi connectivity index (χ1n) is 6.40. The fraction of sp³-hybridized carbons (Fsp3) is 0.250. The molecular weight excluding hydrogens is 254 g/mol. The summed E-state index contributed by atoms with van der Waals surface area (Å²) in [7, 11) is 3.19. The fourth-order valence-corrected chi connectivity index (χ4v) is 1.98. The lowest BCUT2D eigenvalue weighted by Crippen LogP contribution is -2.06. The molecule has 0 bridgehead atoms. The Morgan fingerprint density at radius 3 is 1.95 bits per heavy atom. The summed E-state index contributed by atoms with van der Waals surface area (Å²) in [6, 6.07) is 13.0. The molecule has 106 valence electrons. The van der Waals surface area contributed by atoms with Crippen molar-refractivity contribution in [1.29, 1.82) is 0 Å². The van der Waals surface area contributed by atoms with Crippen molar-refractivity contribution in [3.05, 3.63) is 48.0 Å². The highest BCUT2D eigenvalue weighted by atomic mass is 16.5. The second-order valence-corrected chi connectivity index (χ2v) is 4.42. The van der Waals surface area contributed by atoms with E-state index in [-0.39, 0.29) is 6.04 Å². The van der Waals surface area contributed by atoms with Crippen molar-refractivity contribution in [1.82, 2.24) is 0 Å². The minimum absolute atomic E-state index is 0.119. The third-order valence-electron chi connectivity index (χ3n) is 3.00. The highest BCUT2D eigenvalue weighted by Crippen LogP contribution is 2.41. The summed E-state index contributed by atoms with van der Waals surface area (Å²) in [5, 5.41) is 0. The van der Waals surface area contributed by atoms with Gasteiger partial charge in [0.2, 0.25) is 5.75 Å². The molecule has 4 heteroatoms. The van der Waals surface area contributed by atoms with Crippen molar-refractivity contribution < 1.29 is 14.2 Å². The van der Waals surface area contributed by atoms with Crippen molar-refractivity contribution in [2.45, 2.75) is 13.0 Å². The quantitative estimate of drug-likeness (QED) is 0.905. The molecule has 0 aromatic heterocycles. The highest BCUT2D eigenvalue weighted by Gasteiger charge is 2.15. The molecule has 2 aromatic rings. The number of hydrogen-bond donors (Lipinski definition) is 1. The molecule has 0 heterocycles. The van der Waals surface area contributed by atoms with Crippen molar-refractivity contribution >= 4 is 0 Å². The molecule has 4 nitrogen and oxygen atoms in total. The molecule has 20 heavy (non-hydrogen) atoms. The van der Waals surface area contributed by atoms with E-state index in [1.165, 1.54) is 0 Å². The molecule has 2 N–H and O–H groups in total. The van der Waals surface area contributed by atoms with Gasteiger partial charge in [0.25, 0.3) is 0 Å². The van der Waals surface area contributed by atoms with Crippen LogP contribution < -0.4 is 19.9 Å². The molecule has 0 aliphatic carbocycles. The number of rotatable bonds is 5. The largest absolute Gasteiger partial charge is 0.493 e. The Morgan fingerprint density at radius 1 is 0.850 bits per heavy atom. The van der Waals surface area contributed by atoms with Gasteiger partial charge in [0, 0.05) is 11.6 Å². The molecule has 0 saturated carbocycles. The summed E-state index contributed by atoms with van der Waals surface area (Å²) in [4.78, 5) is 0. The van der Waals surface area contributed by atoms with Gasteiger partial charge in [-0.1, -0.05) is 24.3 Å². The van der Waals surface area contributed by atoms with Gasteiger partial charge in [-0.25, -0.2) is 0 Å². The van der Waals surface area contributed by atoms with E-state index in [9.17, 15) is 0 Å². The fourth-order valence-electron chi connectivity index (χ4n) is 1.98. The number of para-hydroxylation sites is 2. The smallest absolute Gasteiger partial charge is 0.211 e. The van der Waals surface area contributed by atoms with Gasteiger partial charge in [0.15, 0.2) is 11.5 Å². The lowest BCUT2D eigenvalue weighted by molar-refractivity contribution is 0.344. The zero-order valence-electron chi connectivity index (χ0n) is 11.9. The van der Waals surface area contributed by atoms with E-state index in [4.69, 9.17) is 19.9 Å². The first-order valence-corrected chi connectivity index (χ1v) is 6.40. The topological polar surface area (TPSA) is 53.7 Å². The van der Waals surface area contributed by atoms with E-state index in [2.05, 4.69) is 0 Å². The Bertz CT molecular complexity index is 559. The number of nitrogens with two attached hydrogens (primary N) is 1. The van der Waals surface area contributed by atoms with Crippen LogP contribution in [0, 0.1) is 0 Å². The summed E-state index contributed by atoms with van der Waals surface area (Å²) < 4.78 is 16.6. The van der Waals surface area contributed by atoms with Crippen LogP contribution in [0.5, 0.6) is 23.0 Å². The Kier molecular flexibility index (Phi) is 4.48. The van der Waals surface area contributed by atoms with Crippen LogP contribution in [0.2, 0.25) is 0 Å². The molecule has 2 rings (SSSR count). The van der Waals surface area contributed by atoms with Gasteiger partial charge in [-0.3, -0.25) is 0 Å². The average Bonchev–Trinajstić information content (AvgIpc) is 2.47. The van der Waals surface area contributed by atoms with Crippen LogP contribution in [0.1, 0.15) is 18.5 Å². The van der Waals surface area contributed by atoms with Gasteiger partial charge in [-0.2, -0.15) is 0 Å². The molecule has 0 aliphatic heterocycles. The van der Waals surface area contributed by atoms with E-state index >= 15 is 0 Å². The van der Waals surface area contributed by atoms with Crippen LogP contribution in [0.15, 0.2) is 42.5 Å². The van der Waals surface area contributed by atoms with Gasteiger partial charge >= 0.3 is 0 Å². The summed E-state index contributed by atoms with van der Waals surface area (Å²) >= 11 is 0. The monoisotopic (exact) mass is 273 g/mol. The zero-order chi connectivity index (χ0) is 14.5. The molecule has 0 saturated heterocycles. The first-order chi connectivity index (χ1) is 9.67. The van der Waals surface area contributed by atoms with Crippen LogP contribution >= 0.6 is 0 Å². The Balaban J connectivity index is 2.44. The number of benzene rings is 2. The average molecular weight is 273 g/mol. The second-order valence-electron chi connectivity index (χ2n) is 4.42. The lowest BCUT2D eigenvalue weighted by atomic mass is 10.1. The third-order valence-corrected chi connectivity index (χ3v) is 3.00. The SMILES string of the molecule is COc1cccc(OC)c1Oc1ccccc1C(C)N. The van der Waals surface area contributed by atoms with Crippen LogP contribution in [0.25, 0.3) is 0 Å². The van der Waals surface area contributed by atoms with Gasteiger partial charge in [0.1, 0.15) is 5.75 Å². The summed E-state index contributed by atoms with van der Waals surface area (Å²) in [6.07, 6.45) is 0. The third kappa shape index (κ3) is 2.86. The number of ether oxygens (including phenoxy) is 3. The summed E-state index contributed by atoms with van der Waals surface area (Å²) in [5.74, 6) is 2.48. The second kappa shape index (κ2) is 6.30. The molecular formula is C16H19NO3. The maximum atomic E-state index is 5.98. The minimum Gasteiger partial charge on any atom is -0.493 e. The van der Waals surface area contributed by atoms with Crippen molar-refractivity contribution in [3.63, 3.8) is 0 Å². The summed E-state index contributed by atoms with van der Waals surface area (Å²) in [6.45, 7) is 1.92. The predicted molar refractivity (Wildman–Crippen MR) is 78.7 cm³/mol. The summed E-state index contributed by atoms with van der Waals surface area (Å²) in [5.41, 5.74) is 6.90. The van der Waals surface area contributed by atoms with E-state index in [0.29, 0.717) is 23.0 Å². The highest BCUT2D eigenvalue weighted by molar-refractivity contribution is 5.54. The maximum Gasteiger partial charge on any atom is 0.211 e. The predicted octanol–water partition coefficient (Wildman–Crippen LogP) is 3.52. The molecule has 0 aliphatic rings. The molecule has 0 fully saturated rings. The lowest BCUT2D eigenvalue weighted by Gasteiger charge is -2.17. The zero-order valence-corrected chi connectivity index (χ0v) is 11.9. The molecule has 2 aromatic carbocycles. The molecule has 0 spiro atoms. The van der Waals surface area contributed by atoms with Crippen molar-refractivity contribution in [3.8, 4) is 23.0 Å². The van der Waals surface area contributed by atoms with Gasteiger partial charge in [0.05, 0.1) is 14.2 Å². The Hall–Kier alpha value is -2.20. The molecule has 0 radical (unpaired) electrons. The Labute approximate surface area is 119 Å². The van der Waals surface area contributed by atoms with E-state index in [0.717, 1.165) is 5.56 Å². The van der Waals surface area contributed by atoms with E-state index in [1.807, 2.05) is 49.4 Å². The van der Waals surface area contributed by atoms with Gasteiger partial charge < -0.3 is 19.9 Å². The van der Waals surface area contributed by atoms with Crippen LogP contribution in [-0.4, -0.2) is 14.2 Å². The number of methoxy groups -OCH3 is 2. The van der Waals surface area contributed by atoms with Gasteiger partial charge in [-0.15, -0.1) is 0 Å². The van der Waals surface area contributed by atoms with Crippen molar-refractivity contribution in [2.24, 2.45) is 5.73 Å². The van der Waals surface area contributed by atoms with Gasteiger partial charge in [-0.05, 0) is 25.1 Å². The van der Waals surface area contributed by atoms with Crippen LogP contribution in [0.3, 0.4) is 0 Å². The number of hydrogen-bond acceptors (Lipinski definition) is 4. The van der Waals surface area contributed by atoms with E-state index < -0.39 is 0 Å². The van der Waals surface area contributed by atoms with Crippen molar-refractivity contribution in [2.75, 3.05) is 14.2 Å². The molecule has 1 atom stereocenters. The van der Waals surface area contributed by atoms with E-state index in [1.54, 1.807) is 14.2 Å². The standard InChI is InChI=1S/C16H19NO3/c1-11(17)12-7-4-5-8-13(12)20-16-14(18-2)9-6-10-15(16)19-3/h4-11H,17H2,1-3H3. The van der Waals surface area contributed by atoms with Crippen LogP contribution in [-0.2, 0) is 0 Å². The van der Waals surface area contributed by atoms with Crippen LogP contribution in [0.4, 0.5) is 0 Å². The first kappa shape index (κ1) is 14.2. The maximum absolute atomic E-state index is 5.98. The Morgan fingerprint density at radius 2 is 1.40 bits per heavy atom. The molecule has 0 amide bonds. The molecule has 1 unspecified atom stereocenters.